The van der Waals surface area contributed by atoms with E-state index in [-0.39, 0.29) is 11.5 Å². The monoisotopic (exact) mass is 330 g/mol. The summed E-state index contributed by atoms with van der Waals surface area (Å²) >= 11 is -1.24. The predicted molar refractivity (Wildman–Crippen MR) is 92.9 cm³/mol. The summed E-state index contributed by atoms with van der Waals surface area (Å²) < 4.78 is 15.5. The van der Waals surface area contributed by atoms with Crippen LogP contribution in [0.2, 0.25) is 0 Å². The molecule has 1 aliphatic carbocycles. The van der Waals surface area contributed by atoms with E-state index in [0.717, 1.165) is 49.0 Å². The molecule has 1 aromatic carbocycles. The number of rotatable bonds is 3. The molecule has 1 saturated heterocycles. The van der Waals surface area contributed by atoms with E-state index >= 15 is 0 Å². The first-order valence-corrected chi connectivity index (χ1v) is 9.28. The van der Waals surface area contributed by atoms with Gasteiger partial charge in [0.05, 0.1) is 17.7 Å². The highest BCUT2D eigenvalue weighted by Gasteiger charge is 2.50. The van der Waals surface area contributed by atoms with E-state index < -0.39 is 16.1 Å². The molecule has 0 bridgehead atoms. The molecule has 1 aromatic rings. The first kappa shape index (κ1) is 16.8. The minimum atomic E-state index is -1.24. The molecule has 2 aliphatic rings. The molecule has 23 heavy (non-hydrogen) atoms. The highest BCUT2D eigenvalue weighted by atomic mass is 32.2. The molecule has 1 spiro atoms. The van der Waals surface area contributed by atoms with Crippen LogP contribution < -0.4 is 10.0 Å². The van der Waals surface area contributed by atoms with Crippen LogP contribution in [0, 0.1) is 23.7 Å². The van der Waals surface area contributed by atoms with Gasteiger partial charge in [-0.15, -0.1) is 4.72 Å². The highest BCUT2D eigenvalue weighted by Crippen LogP contribution is 2.52. The van der Waals surface area contributed by atoms with Crippen LogP contribution in [0.15, 0.2) is 18.2 Å². The second-order valence-electron chi connectivity index (χ2n) is 7.35. The molecule has 123 valence electrons. The Labute approximate surface area is 142 Å². The Bertz CT molecular complexity index is 626. The Kier molecular flexibility index (Phi) is 4.45. The Morgan fingerprint density at radius 3 is 2.74 bits per heavy atom. The zero-order chi connectivity index (χ0) is 16.7. The van der Waals surface area contributed by atoms with Gasteiger partial charge in [0.1, 0.15) is 4.75 Å². The van der Waals surface area contributed by atoms with Crippen molar-refractivity contribution >= 4 is 11.4 Å². The van der Waals surface area contributed by atoms with Crippen molar-refractivity contribution in [2.75, 3.05) is 13.1 Å². The fourth-order valence-corrected chi connectivity index (χ4v) is 4.72. The molecule has 1 unspecified atom stereocenters. The molecule has 1 fully saturated rings. The maximum Gasteiger partial charge on any atom is 0.139 e. The minimum absolute atomic E-state index is 0.0229. The lowest BCUT2D eigenvalue weighted by molar-refractivity contribution is 0.163. The van der Waals surface area contributed by atoms with Crippen LogP contribution in [-0.4, -0.2) is 22.4 Å². The quantitative estimate of drug-likeness (QED) is 0.835. The van der Waals surface area contributed by atoms with Gasteiger partial charge in [-0.3, -0.25) is 0 Å². The third-order valence-corrected chi connectivity index (χ3v) is 6.56. The standard InChI is InChI=1S/C18H24N3OS/c1-17(2,3)23(22)21-16-14-6-4-5-13(12-19)15(14)11-18(16)7-9-20-10-8-18/h4-6,16,20-21H,1,7-11H2,2-3H3/t16-,23?/m1/s1. The van der Waals surface area contributed by atoms with Gasteiger partial charge in [0.25, 0.3) is 0 Å². The maximum absolute atomic E-state index is 12.7. The van der Waals surface area contributed by atoms with Crippen molar-refractivity contribution in [1.29, 1.82) is 5.26 Å². The van der Waals surface area contributed by atoms with Gasteiger partial charge < -0.3 is 9.87 Å². The second-order valence-corrected chi connectivity index (χ2v) is 9.23. The van der Waals surface area contributed by atoms with Crippen LogP contribution >= 0.6 is 0 Å². The number of hydrogen-bond donors (Lipinski definition) is 2. The van der Waals surface area contributed by atoms with Crippen molar-refractivity contribution in [1.82, 2.24) is 10.0 Å². The highest BCUT2D eigenvalue weighted by molar-refractivity contribution is 7.90. The van der Waals surface area contributed by atoms with Crippen molar-refractivity contribution in [3.63, 3.8) is 0 Å². The van der Waals surface area contributed by atoms with Crippen LogP contribution in [0.4, 0.5) is 0 Å². The number of nitrogens with zero attached hydrogens (tertiary/aromatic N) is 1. The van der Waals surface area contributed by atoms with Gasteiger partial charge >= 0.3 is 0 Å². The number of nitrogens with one attached hydrogen (secondary N) is 2. The van der Waals surface area contributed by atoms with E-state index in [2.05, 4.69) is 29.1 Å². The fraction of sp³-hybridized carbons (Fsp3) is 0.556. The van der Waals surface area contributed by atoms with Crippen LogP contribution in [0.25, 0.3) is 0 Å². The SMILES string of the molecule is [CH2]C(C)(C)[S+]([O-])N[C@@H]1c2cccc(C#N)c2CC12CCNCC2. The zero-order valence-corrected chi connectivity index (χ0v) is 14.6. The summed E-state index contributed by atoms with van der Waals surface area (Å²) in [4.78, 5) is 0. The van der Waals surface area contributed by atoms with Gasteiger partial charge in [0.2, 0.25) is 0 Å². The molecule has 0 saturated carbocycles. The molecule has 2 N–H and O–H groups in total. The van der Waals surface area contributed by atoms with E-state index in [4.69, 9.17) is 0 Å². The Balaban J connectivity index is 2.00. The number of benzene rings is 1. The molecule has 1 radical (unpaired) electrons. The summed E-state index contributed by atoms with van der Waals surface area (Å²) in [6.45, 7) is 9.71. The van der Waals surface area contributed by atoms with E-state index in [0.29, 0.717) is 0 Å². The number of nitriles is 1. The number of hydrogen-bond acceptors (Lipinski definition) is 4. The lowest BCUT2D eigenvalue weighted by atomic mass is 9.73. The normalized spacial score (nSPS) is 24.2. The van der Waals surface area contributed by atoms with E-state index in [9.17, 15) is 9.81 Å². The minimum Gasteiger partial charge on any atom is -0.598 e. The fourth-order valence-electron chi connectivity index (χ4n) is 3.81. The van der Waals surface area contributed by atoms with Crippen LogP contribution in [-0.2, 0) is 17.8 Å². The zero-order valence-electron chi connectivity index (χ0n) is 13.8. The summed E-state index contributed by atoms with van der Waals surface area (Å²) in [7, 11) is 0. The van der Waals surface area contributed by atoms with E-state index in [1.54, 1.807) is 0 Å². The molecule has 0 aromatic heterocycles. The Morgan fingerprint density at radius 2 is 2.13 bits per heavy atom. The van der Waals surface area contributed by atoms with Gasteiger partial charge in [-0.1, -0.05) is 12.1 Å². The van der Waals surface area contributed by atoms with Crippen LogP contribution in [0.5, 0.6) is 0 Å². The van der Waals surface area contributed by atoms with Gasteiger partial charge in [0, 0.05) is 23.7 Å². The maximum atomic E-state index is 12.7. The smallest absolute Gasteiger partial charge is 0.139 e. The van der Waals surface area contributed by atoms with Crippen LogP contribution in [0.3, 0.4) is 0 Å². The number of piperidine rings is 1. The Hall–Kier alpha value is -1.06. The molecule has 4 nitrogen and oxygen atoms in total. The van der Waals surface area contributed by atoms with Crippen LogP contribution in [0.1, 0.15) is 49.4 Å². The summed E-state index contributed by atoms with van der Waals surface area (Å²) in [5.74, 6) is 0. The molecule has 1 heterocycles. The first-order valence-electron chi connectivity index (χ1n) is 8.13. The van der Waals surface area contributed by atoms with E-state index in [1.807, 2.05) is 26.0 Å². The molecule has 3 rings (SSSR count). The van der Waals surface area contributed by atoms with Crippen molar-refractivity contribution in [3.8, 4) is 6.07 Å². The first-order chi connectivity index (χ1) is 10.9. The lowest BCUT2D eigenvalue weighted by Crippen LogP contribution is -2.49. The summed E-state index contributed by atoms with van der Waals surface area (Å²) in [5, 5.41) is 12.8. The molecule has 1 aliphatic heterocycles. The van der Waals surface area contributed by atoms with Gasteiger partial charge in [-0.2, -0.15) is 5.26 Å². The molecule has 2 atom stereocenters. The summed E-state index contributed by atoms with van der Waals surface area (Å²) in [6.07, 6.45) is 2.94. The average molecular weight is 330 g/mol. The number of fused-ring (bicyclic) bond motifs is 1. The predicted octanol–water partition coefficient (Wildman–Crippen LogP) is 2.39. The summed E-state index contributed by atoms with van der Waals surface area (Å²) in [5.41, 5.74) is 3.07. The lowest BCUT2D eigenvalue weighted by Gasteiger charge is -2.40. The molecular weight excluding hydrogens is 306 g/mol. The van der Waals surface area contributed by atoms with Gasteiger partial charge in [0.15, 0.2) is 0 Å². The van der Waals surface area contributed by atoms with Crippen molar-refractivity contribution < 1.29 is 4.55 Å². The third-order valence-electron chi connectivity index (χ3n) is 5.11. The van der Waals surface area contributed by atoms with Crippen molar-refractivity contribution in [2.45, 2.75) is 43.9 Å². The third kappa shape index (κ3) is 3.01. The second kappa shape index (κ2) is 6.10. The molecule has 5 heteroatoms. The largest absolute Gasteiger partial charge is 0.598 e. The topological polar surface area (TPSA) is 70.9 Å². The van der Waals surface area contributed by atoms with Crippen molar-refractivity contribution in [3.05, 3.63) is 41.8 Å². The van der Waals surface area contributed by atoms with Crippen molar-refractivity contribution in [2.24, 2.45) is 5.41 Å². The molecule has 0 amide bonds. The van der Waals surface area contributed by atoms with Gasteiger partial charge in [-0.05, 0) is 63.4 Å². The van der Waals surface area contributed by atoms with E-state index in [1.165, 1.54) is 0 Å². The summed E-state index contributed by atoms with van der Waals surface area (Å²) in [6, 6.07) is 8.25. The molecular formula is C18H24N3OS. The average Bonchev–Trinajstić information content (AvgIpc) is 2.80. The Morgan fingerprint density at radius 1 is 1.43 bits per heavy atom. The van der Waals surface area contributed by atoms with Gasteiger partial charge in [-0.25, -0.2) is 0 Å².